The van der Waals surface area contributed by atoms with Gasteiger partial charge in [0.2, 0.25) is 0 Å². The molecule has 37 heavy (non-hydrogen) atoms. The van der Waals surface area contributed by atoms with Crippen LogP contribution in [0.5, 0.6) is 0 Å². The monoisotopic (exact) mass is 486 g/mol. The summed E-state index contributed by atoms with van der Waals surface area (Å²) < 4.78 is 1.76. The van der Waals surface area contributed by atoms with Gasteiger partial charge in [0.1, 0.15) is 12.2 Å². The second-order valence-electron chi connectivity index (χ2n) is 9.10. The number of fused-ring (bicyclic) bond motifs is 1. The zero-order valence-corrected chi connectivity index (χ0v) is 20.7. The van der Waals surface area contributed by atoms with Gasteiger partial charge in [0.25, 0.3) is 0 Å². The standard InChI is InChI=1S/C29H26N8/c1-20-8-7-12-25(33-20)29-28(22-13-14-27-31-19-32-37(27)17-22)34-26(35-29)18-36(2)16-21-9-3-4-10-23(21)24-11-5-6-15-30-24/h3-15,17,19H,16,18H2,1-2H3,(H,34,35). The number of nitrogens with one attached hydrogen (secondary N) is 1. The number of H-pyrrole nitrogens is 1. The third-order valence-corrected chi connectivity index (χ3v) is 6.26. The van der Waals surface area contributed by atoms with E-state index in [2.05, 4.69) is 56.3 Å². The molecular formula is C29H26N8. The first kappa shape index (κ1) is 22.8. The summed E-state index contributed by atoms with van der Waals surface area (Å²) in [4.78, 5) is 24.4. The van der Waals surface area contributed by atoms with Crippen LogP contribution >= 0.6 is 0 Å². The first-order valence-corrected chi connectivity index (χ1v) is 12.1. The highest BCUT2D eigenvalue weighted by molar-refractivity contribution is 5.77. The van der Waals surface area contributed by atoms with Crippen LogP contribution in [0.2, 0.25) is 0 Å². The van der Waals surface area contributed by atoms with Gasteiger partial charge in [-0.1, -0.05) is 36.4 Å². The molecule has 0 aliphatic rings. The predicted octanol–water partition coefficient (Wildman–Crippen LogP) is 5.18. The van der Waals surface area contributed by atoms with Crippen molar-refractivity contribution in [1.82, 2.24) is 39.4 Å². The Labute approximate surface area is 214 Å². The first-order valence-electron chi connectivity index (χ1n) is 12.1. The third-order valence-electron chi connectivity index (χ3n) is 6.26. The van der Waals surface area contributed by atoms with Crippen LogP contribution in [0.3, 0.4) is 0 Å². The molecule has 0 radical (unpaired) electrons. The van der Waals surface area contributed by atoms with E-state index < -0.39 is 0 Å². The molecule has 0 saturated heterocycles. The fourth-order valence-electron chi connectivity index (χ4n) is 4.56. The Morgan fingerprint density at radius 1 is 0.838 bits per heavy atom. The Kier molecular flexibility index (Phi) is 6.00. The van der Waals surface area contributed by atoms with Crippen LogP contribution in [0.25, 0.3) is 39.5 Å². The molecular weight excluding hydrogens is 460 g/mol. The highest BCUT2D eigenvalue weighted by atomic mass is 15.3. The van der Waals surface area contributed by atoms with E-state index in [0.717, 1.165) is 57.6 Å². The summed E-state index contributed by atoms with van der Waals surface area (Å²) in [5.41, 5.74) is 8.61. The average molecular weight is 487 g/mol. The van der Waals surface area contributed by atoms with Crippen molar-refractivity contribution >= 4 is 5.65 Å². The van der Waals surface area contributed by atoms with Crippen LogP contribution in [0.1, 0.15) is 17.1 Å². The van der Waals surface area contributed by atoms with Gasteiger partial charge < -0.3 is 4.98 Å². The lowest BCUT2D eigenvalue weighted by molar-refractivity contribution is 0.312. The molecule has 0 atom stereocenters. The van der Waals surface area contributed by atoms with Gasteiger partial charge in [0.15, 0.2) is 5.65 Å². The Balaban J connectivity index is 1.33. The topological polar surface area (TPSA) is 87.9 Å². The molecule has 0 bridgehead atoms. The zero-order valence-electron chi connectivity index (χ0n) is 20.7. The minimum Gasteiger partial charge on any atom is -0.339 e. The van der Waals surface area contributed by atoms with Crippen molar-refractivity contribution in [2.45, 2.75) is 20.0 Å². The molecule has 8 heteroatoms. The number of imidazole rings is 1. The van der Waals surface area contributed by atoms with E-state index >= 15 is 0 Å². The maximum absolute atomic E-state index is 5.03. The van der Waals surface area contributed by atoms with Crippen molar-refractivity contribution in [2.75, 3.05) is 7.05 Å². The van der Waals surface area contributed by atoms with Crippen molar-refractivity contribution in [3.05, 3.63) is 109 Å². The number of aromatic amines is 1. The predicted molar refractivity (Wildman–Crippen MR) is 143 cm³/mol. The molecule has 182 valence electrons. The van der Waals surface area contributed by atoms with Gasteiger partial charge in [-0.05, 0) is 55.9 Å². The van der Waals surface area contributed by atoms with Gasteiger partial charge in [-0.3, -0.25) is 14.9 Å². The largest absolute Gasteiger partial charge is 0.339 e. The van der Waals surface area contributed by atoms with E-state index in [1.165, 1.54) is 5.56 Å². The van der Waals surface area contributed by atoms with Gasteiger partial charge in [-0.15, -0.1) is 0 Å². The molecule has 6 rings (SSSR count). The fraction of sp³-hybridized carbons (Fsp3) is 0.138. The van der Waals surface area contributed by atoms with Crippen molar-refractivity contribution in [1.29, 1.82) is 0 Å². The molecule has 0 unspecified atom stereocenters. The second kappa shape index (κ2) is 9.75. The van der Waals surface area contributed by atoms with Gasteiger partial charge in [-0.25, -0.2) is 14.5 Å². The summed E-state index contributed by atoms with van der Waals surface area (Å²) in [7, 11) is 2.10. The summed E-state index contributed by atoms with van der Waals surface area (Å²) in [6, 6.07) is 24.4. The fourth-order valence-corrected chi connectivity index (χ4v) is 4.56. The minimum atomic E-state index is 0.640. The van der Waals surface area contributed by atoms with E-state index in [4.69, 9.17) is 9.97 Å². The maximum atomic E-state index is 5.03. The molecule has 1 N–H and O–H groups in total. The molecule has 0 amide bonds. The second-order valence-corrected chi connectivity index (χ2v) is 9.10. The summed E-state index contributed by atoms with van der Waals surface area (Å²) >= 11 is 0. The molecule has 0 aliphatic heterocycles. The van der Waals surface area contributed by atoms with E-state index in [-0.39, 0.29) is 0 Å². The first-order chi connectivity index (χ1) is 18.1. The van der Waals surface area contributed by atoms with Crippen LogP contribution in [-0.4, -0.2) is 46.5 Å². The smallest absolute Gasteiger partial charge is 0.155 e. The number of rotatable bonds is 7. The number of pyridine rings is 3. The van der Waals surface area contributed by atoms with Crippen molar-refractivity contribution in [3.63, 3.8) is 0 Å². The molecule has 6 aromatic rings. The van der Waals surface area contributed by atoms with Crippen LogP contribution < -0.4 is 0 Å². The molecule has 8 nitrogen and oxygen atoms in total. The van der Waals surface area contributed by atoms with Gasteiger partial charge in [-0.2, -0.15) is 5.10 Å². The lowest BCUT2D eigenvalue weighted by Gasteiger charge is -2.17. The Morgan fingerprint density at radius 3 is 2.57 bits per heavy atom. The van der Waals surface area contributed by atoms with Crippen molar-refractivity contribution in [3.8, 4) is 33.9 Å². The molecule has 0 saturated carbocycles. The third kappa shape index (κ3) is 4.74. The molecule has 0 aliphatic carbocycles. The lowest BCUT2D eigenvalue weighted by Crippen LogP contribution is -2.18. The molecule has 5 aromatic heterocycles. The van der Waals surface area contributed by atoms with E-state index in [0.29, 0.717) is 6.54 Å². The number of hydrogen-bond donors (Lipinski definition) is 1. The number of benzene rings is 1. The lowest BCUT2D eigenvalue weighted by atomic mass is 10.0. The van der Waals surface area contributed by atoms with E-state index in [1.54, 1.807) is 10.8 Å². The van der Waals surface area contributed by atoms with Crippen LogP contribution in [0.4, 0.5) is 0 Å². The summed E-state index contributed by atoms with van der Waals surface area (Å²) in [6.45, 7) is 3.39. The van der Waals surface area contributed by atoms with Gasteiger partial charge in [0.05, 0.1) is 29.3 Å². The Hall–Kier alpha value is -4.69. The highest BCUT2D eigenvalue weighted by Crippen LogP contribution is 2.30. The highest BCUT2D eigenvalue weighted by Gasteiger charge is 2.18. The average Bonchev–Trinajstić information content (AvgIpc) is 3.56. The van der Waals surface area contributed by atoms with E-state index in [9.17, 15) is 0 Å². The van der Waals surface area contributed by atoms with Crippen molar-refractivity contribution in [2.24, 2.45) is 0 Å². The van der Waals surface area contributed by atoms with Gasteiger partial charge >= 0.3 is 0 Å². The van der Waals surface area contributed by atoms with Crippen LogP contribution in [0, 0.1) is 6.92 Å². The Bertz CT molecular complexity index is 1670. The SMILES string of the molecule is Cc1cccc(-c2[nH]c(CN(C)Cc3ccccc3-c3ccccn3)nc2-c2ccc3ncnn3c2)n1. The van der Waals surface area contributed by atoms with Crippen molar-refractivity contribution < 1.29 is 0 Å². The Morgan fingerprint density at radius 2 is 1.70 bits per heavy atom. The summed E-state index contributed by atoms with van der Waals surface area (Å²) in [6.07, 6.45) is 5.34. The minimum absolute atomic E-state index is 0.640. The number of hydrogen-bond acceptors (Lipinski definition) is 6. The summed E-state index contributed by atoms with van der Waals surface area (Å²) in [5, 5.41) is 4.30. The van der Waals surface area contributed by atoms with Crippen LogP contribution in [-0.2, 0) is 13.1 Å². The molecule has 0 spiro atoms. The number of aromatic nitrogens is 7. The molecule has 1 aromatic carbocycles. The van der Waals surface area contributed by atoms with Crippen LogP contribution in [0.15, 0.2) is 91.5 Å². The quantitative estimate of drug-likeness (QED) is 0.334. The zero-order chi connectivity index (χ0) is 25.2. The molecule has 0 fully saturated rings. The molecule has 5 heterocycles. The van der Waals surface area contributed by atoms with Gasteiger partial charge in [0, 0.05) is 35.8 Å². The van der Waals surface area contributed by atoms with E-state index in [1.807, 2.05) is 67.8 Å². The maximum Gasteiger partial charge on any atom is 0.155 e. The summed E-state index contributed by atoms with van der Waals surface area (Å²) in [5.74, 6) is 0.866. The normalized spacial score (nSPS) is 11.4. The number of nitrogens with zero attached hydrogens (tertiary/aromatic N) is 7. The number of aryl methyl sites for hydroxylation is 1.